The number of amides is 2. The van der Waals surface area contributed by atoms with Gasteiger partial charge in [-0.3, -0.25) is 4.90 Å². The van der Waals surface area contributed by atoms with Crippen LogP contribution in [0.15, 0.2) is 48.5 Å². The lowest BCUT2D eigenvalue weighted by Crippen LogP contribution is -2.45. The summed E-state index contributed by atoms with van der Waals surface area (Å²) in [6.45, 7) is 2.57. The summed E-state index contributed by atoms with van der Waals surface area (Å²) in [6, 6.07) is 14.5. The minimum absolute atomic E-state index is 0.0000105. The summed E-state index contributed by atoms with van der Waals surface area (Å²) in [4.78, 5) is 14.3. The van der Waals surface area contributed by atoms with Crippen LogP contribution in [0.1, 0.15) is 13.3 Å². The average molecular weight is 317 g/mol. The smallest absolute Gasteiger partial charge is 0.326 e. The normalized spacial score (nSPS) is 16.6. The number of nitrogens with one attached hydrogen (secondary N) is 1. The molecule has 2 aromatic rings. The number of rotatable bonds is 2. The Morgan fingerprint density at radius 3 is 2.91 bits per heavy atom. The topological polar surface area (TPSA) is 41.6 Å². The Morgan fingerprint density at radius 1 is 1.32 bits per heavy atom. The molecule has 0 fully saturated rings. The Bertz CT molecular complexity index is 690. The summed E-state index contributed by atoms with van der Waals surface area (Å²) in [6.07, 6.45) is 0.843. The lowest BCUT2D eigenvalue weighted by molar-refractivity contribution is 0.188. The number of nitrogens with zero attached hydrogens (tertiary/aromatic N) is 1. The summed E-state index contributed by atoms with van der Waals surface area (Å²) in [5.41, 5.74) is 1.46. The van der Waals surface area contributed by atoms with Crippen molar-refractivity contribution in [3.63, 3.8) is 0 Å². The van der Waals surface area contributed by atoms with Crippen molar-refractivity contribution < 1.29 is 9.53 Å². The molecule has 0 radical (unpaired) electrons. The van der Waals surface area contributed by atoms with E-state index >= 15 is 0 Å². The van der Waals surface area contributed by atoms with E-state index in [1.807, 2.05) is 37.3 Å². The summed E-state index contributed by atoms with van der Waals surface area (Å²) in [7, 11) is 0. The minimum atomic E-state index is -0.184. The number of urea groups is 1. The molecule has 114 valence electrons. The quantitative estimate of drug-likeness (QED) is 0.883. The maximum Gasteiger partial charge on any atom is 0.326 e. The van der Waals surface area contributed by atoms with Crippen molar-refractivity contribution in [2.75, 3.05) is 16.8 Å². The second kappa shape index (κ2) is 6.28. The predicted molar refractivity (Wildman–Crippen MR) is 89.0 cm³/mol. The monoisotopic (exact) mass is 316 g/mol. The first-order chi connectivity index (χ1) is 10.7. The number of ether oxygens (including phenoxy) is 1. The van der Waals surface area contributed by atoms with Gasteiger partial charge in [0.1, 0.15) is 11.9 Å². The molecule has 2 amide bonds. The lowest BCUT2D eigenvalue weighted by Gasteiger charge is -2.34. The van der Waals surface area contributed by atoms with Gasteiger partial charge < -0.3 is 10.1 Å². The van der Waals surface area contributed by atoms with Crippen molar-refractivity contribution in [2.24, 2.45) is 0 Å². The zero-order chi connectivity index (χ0) is 15.5. The SMILES string of the molecule is CC[C@@H]1CN(C(=O)Nc2cccc(Cl)c2)c2ccccc2O1. The van der Waals surface area contributed by atoms with Crippen LogP contribution in [0.5, 0.6) is 5.75 Å². The molecule has 3 rings (SSSR count). The van der Waals surface area contributed by atoms with Gasteiger partial charge in [-0.25, -0.2) is 4.79 Å². The molecule has 0 bridgehead atoms. The number of benzene rings is 2. The van der Waals surface area contributed by atoms with E-state index in [1.165, 1.54) is 0 Å². The molecular formula is C17H17ClN2O2. The number of carbonyl (C=O) groups is 1. The van der Waals surface area contributed by atoms with Crippen molar-refractivity contribution in [1.82, 2.24) is 0 Å². The number of anilines is 2. The number of hydrogen-bond donors (Lipinski definition) is 1. The number of carbonyl (C=O) groups excluding carboxylic acids is 1. The maximum atomic E-state index is 12.6. The Labute approximate surface area is 134 Å². The van der Waals surface area contributed by atoms with Crippen molar-refractivity contribution in [3.05, 3.63) is 53.6 Å². The lowest BCUT2D eigenvalue weighted by atomic mass is 10.1. The summed E-state index contributed by atoms with van der Waals surface area (Å²) >= 11 is 5.96. The fraction of sp³-hybridized carbons (Fsp3) is 0.235. The first-order valence-electron chi connectivity index (χ1n) is 7.27. The van der Waals surface area contributed by atoms with Gasteiger partial charge in [-0.1, -0.05) is 36.7 Å². The number of halogens is 1. The second-order valence-corrected chi connectivity index (χ2v) is 5.60. The second-order valence-electron chi connectivity index (χ2n) is 5.17. The average Bonchev–Trinajstić information content (AvgIpc) is 2.53. The van der Waals surface area contributed by atoms with Gasteiger partial charge in [0.2, 0.25) is 0 Å². The summed E-state index contributed by atoms with van der Waals surface area (Å²) < 4.78 is 5.89. The largest absolute Gasteiger partial charge is 0.486 e. The Morgan fingerprint density at radius 2 is 2.14 bits per heavy atom. The van der Waals surface area contributed by atoms with Crippen LogP contribution in [0.2, 0.25) is 5.02 Å². The molecule has 0 saturated carbocycles. The van der Waals surface area contributed by atoms with Gasteiger partial charge in [0, 0.05) is 10.7 Å². The van der Waals surface area contributed by atoms with Gasteiger partial charge in [-0.2, -0.15) is 0 Å². The third-order valence-electron chi connectivity index (χ3n) is 3.61. The molecule has 0 aliphatic carbocycles. The zero-order valence-electron chi connectivity index (χ0n) is 12.3. The van der Waals surface area contributed by atoms with E-state index in [2.05, 4.69) is 5.32 Å². The van der Waals surface area contributed by atoms with E-state index in [4.69, 9.17) is 16.3 Å². The molecule has 2 aromatic carbocycles. The van der Waals surface area contributed by atoms with Gasteiger partial charge in [0.25, 0.3) is 0 Å². The standard InChI is InChI=1S/C17H17ClN2O2/c1-2-14-11-20(15-8-3-4-9-16(15)22-14)17(21)19-13-7-5-6-12(18)10-13/h3-10,14H,2,11H2,1H3,(H,19,21)/t14-/m1/s1. The van der Waals surface area contributed by atoms with Crippen LogP contribution in [0.3, 0.4) is 0 Å². The van der Waals surface area contributed by atoms with E-state index in [0.29, 0.717) is 17.3 Å². The molecule has 0 saturated heterocycles. The number of fused-ring (bicyclic) bond motifs is 1. The Balaban J connectivity index is 1.85. The summed E-state index contributed by atoms with van der Waals surface area (Å²) in [5, 5.41) is 3.47. The summed E-state index contributed by atoms with van der Waals surface area (Å²) in [5.74, 6) is 0.738. The molecular weight excluding hydrogens is 300 g/mol. The van der Waals surface area contributed by atoms with Crippen molar-refractivity contribution in [2.45, 2.75) is 19.4 Å². The van der Waals surface area contributed by atoms with Gasteiger partial charge in [-0.05, 0) is 36.8 Å². The van der Waals surface area contributed by atoms with Crippen LogP contribution in [0.25, 0.3) is 0 Å². The van der Waals surface area contributed by atoms with Gasteiger partial charge in [0.05, 0.1) is 12.2 Å². The fourth-order valence-corrected chi connectivity index (χ4v) is 2.65. The maximum absolute atomic E-state index is 12.6. The van der Waals surface area contributed by atoms with Crippen LogP contribution >= 0.6 is 11.6 Å². The van der Waals surface area contributed by atoms with Gasteiger partial charge in [0.15, 0.2) is 0 Å². The highest BCUT2D eigenvalue weighted by atomic mass is 35.5. The molecule has 4 nitrogen and oxygen atoms in total. The highest BCUT2D eigenvalue weighted by Gasteiger charge is 2.28. The van der Waals surface area contributed by atoms with Gasteiger partial charge in [-0.15, -0.1) is 0 Å². The zero-order valence-corrected chi connectivity index (χ0v) is 13.0. The molecule has 1 heterocycles. The number of hydrogen-bond acceptors (Lipinski definition) is 2. The fourth-order valence-electron chi connectivity index (χ4n) is 2.46. The highest BCUT2D eigenvalue weighted by molar-refractivity contribution is 6.30. The van der Waals surface area contributed by atoms with Crippen LogP contribution in [-0.2, 0) is 0 Å². The molecule has 1 aliphatic heterocycles. The first kappa shape index (κ1) is 14.7. The van der Waals surface area contributed by atoms with Crippen LogP contribution in [-0.4, -0.2) is 18.7 Å². The van der Waals surface area contributed by atoms with Crippen molar-refractivity contribution in [3.8, 4) is 5.75 Å². The van der Waals surface area contributed by atoms with E-state index in [0.717, 1.165) is 17.9 Å². The molecule has 0 spiro atoms. The first-order valence-corrected chi connectivity index (χ1v) is 7.65. The van der Waals surface area contributed by atoms with Crippen molar-refractivity contribution in [1.29, 1.82) is 0 Å². The molecule has 0 unspecified atom stereocenters. The molecule has 5 heteroatoms. The predicted octanol–water partition coefficient (Wildman–Crippen LogP) is 4.55. The van der Waals surface area contributed by atoms with Gasteiger partial charge >= 0.3 is 6.03 Å². The molecule has 1 atom stereocenters. The van der Waals surface area contributed by atoms with E-state index in [9.17, 15) is 4.79 Å². The Kier molecular flexibility index (Phi) is 4.20. The van der Waals surface area contributed by atoms with Crippen molar-refractivity contribution >= 4 is 29.0 Å². The molecule has 0 aromatic heterocycles. The number of para-hydroxylation sites is 2. The molecule has 1 aliphatic rings. The van der Waals surface area contributed by atoms with E-state index < -0.39 is 0 Å². The van der Waals surface area contributed by atoms with Crippen LogP contribution in [0, 0.1) is 0 Å². The highest BCUT2D eigenvalue weighted by Crippen LogP contribution is 2.34. The third-order valence-corrected chi connectivity index (χ3v) is 3.85. The molecule has 22 heavy (non-hydrogen) atoms. The van der Waals surface area contributed by atoms with E-state index in [1.54, 1.807) is 23.1 Å². The van der Waals surface area contributed by atoms with E-state index in [-0.39, 0.29) is 12.1 Å². The van der Waals surface area contributed by atoms with Crippen LogP contribution in [0.4, 0.5) is 16.2 Å². The Hall–Kier alpha value is -2.20. The third kappa shape index (κ3) is 3.02. The minimum Gasteiger partial charge on any atom is -0.486 e. The van der Waals surface area contributed by atoms with Crippen LogP contribution < -0.4 is 15.0 Å². The molecule has 1 N–H and O–H groups in total.